The van der Waals surface area contributed by atoms with E-state index in [0.29, 0.717) is 6.04 Å². The van der Waals surface area contributed by atoms with Crippen molar-refractivity contribution in [1.29, 1.82) is 0 Å². The molecule has 2 aliphatic heterocycles. The van der Waals surface area contributed by atoms with Gasteiger partial charge in [0.05, 0.1) is 11.4 Å². The lowest BCUT2D eigenvalue weighted by Crippen LogP contribution is -2.48. The summed E-state index contributed by atoms with van der Waals surface area (Å²) in [5.41, 5.74) is 3.61. The van der Waals surface area contributed by atoms with Gasteiger partial charge in [0.15, 0.2) is 0 Å². The van der Waals surface area contributed by atoms with Crippen molar-refractivity contribution in [2.45, 2.75) is 45.7 Å². The molecule has 6 heteroatoms. The van der Waals surface area contributed by atoms with E-state index in [0.717, 1.165) is 81.2 Å². The number of piperazine rings is 1. The first kappa shape index (κ1) is 20.9. The number of piperidine rings is 1. The lowest BCUT2D eigenvalue weighted by Gasteiger charge is -2.36. The van der Waals surface area contributed by atoms with Gasteiger partial charge in [0.25, 0.3) is 5.91 Å². The van der Waals surface area contributed by atoms with Crippen molar-refractivity contribution in [3.05, 3.63) is 47.7 Å². The molecule has 0 radical (unpaired) electrons. The predicted octanol–water partition coefficient (Wildman–Crippen LogP) is 3.30. The van der Waals surface area contributed by atoms with Crippen LogP contribution in [0.3, 0.4) is 0 Å². The highest BCUT2D eigenvalue weighted by Crippen LogP contribution is 2.19. The molecule has 2 saturated heterocycles. The Bertz CT molecular complexity index is 820. The number of amides is 1. The number of nitrogens with zero attached hydrogens (tertiary/aromatic N) is 5. The molecule has 2 aliphatic rings. The SMILES string of the molecule is CC(C)N1CCN(Cc2ccc(-c3ccc(C(=O)N4CCCCC4)cc3)nn2)CC1. The first-order chi connectivity index (χ1) is 14.6. The topological polar surface area (TPSA) is 52.6 Å². The average Bonchev–Trinajstić information content (AvgIpc) is 2.80. The van der Waals surface area contributed by atoms with E-state index < -0.39 is 0 Å². The van der Waals surface area contributed by atoms with Crippen LogP contribution in [0, 0.1) is 0 Å². The van der Waals surface area contributed by atoms with Gasteiger partial charge in [-0.2, -0.15) is 10.2 Å². The molecule has 0 bridgehead atoms. The van der Waals surface area contributed by atoms with Crippen LogP contribution >= 0.6 is 0 Å². The summed E-state index contributed by atoms with van der Waals surface area (Å²) < 4.78 is 0. The summed E-state index contributed by atoms with van der Waals surface area (Å²) >= 11 is 0. The normalized spacial score (nSPS) is 18.7. The molecular formula is C24H33N5O. The van der Waals surface area contributed by atoms with Gasteiger partial charge in [-0.05, 0) is 57.4 Å². The first-order valence-corrected chi connectivity index (χ1v) is 11.3. The van der Waals surface area contributed by atoms with Crippen LogP contribution in [0.4, 0.5) is 0 Å². The maximum Gasteiger partial charge on any atom is 0.253 e. The Kier molecular flexibility index (Phi) is 6.75. The minimum Gasteiger partial charge on any atom is -0.339 e. The van der Waals surface area contributed by atoms with E-state index in [1.54, 1.807) is 0 Å². The Balaban J connectivity index is 1.34. The highest BCUT2D eigenvalue weighted by Gasteiger charge is 2.20. The molecule has 2 aromatic rings. The molecule has 1 amide bonds. The lowest BCUT2D eigenvalue weighted by molar-refractivity contribution is 0.0724. The monoisotopic (exact) mass is 407 g/mol. The van der Waals surface area contributed by atoms with E-state index >= 15 is 0 Å². The molecule has 160 valence electrons. The van der Waals surface area contributed by atoms with E-state index in [1.165, 1.54) is 6.42 Å². The Morgan fingerprint density at radius 3 is 2.17 bits per heavy atom. The fourth-order valence-corrected chi connectivity index (χ4v) is 4.33. The fourth-order valence-electron chi connectivity index (χ4n) is 4.33. The molecule has 4 rings (SSSR count). The van der Waals surface area contributed by atoms with Crippen LogP contribution in [0.5, 0.6) is 0 Å². The number of carbonyl (C=O) groups is 1. The van der Waals surface area contributed by atoms with Crippen LogP contribution in [0.15, 0.2) is 36.4 Å². The third kappa shape index (κ3) is 5.05. The second kappa shape index (κ2) is 9.67. The van der Waals surface area contributed by atoms with Gasteiger partial charge >= 0.3 is 0 Å². The second-order valence-electron chi connectivity index (χ2n) is 8.75. The number of hydrogen-bond acceptors (Lipinski definition) is 5. The first-order valence-electron chi connectivity index (χ1n) is 11.3. The molecule has 0 spiro atoms. The third-order valence-electron chi connectivity index (χ3n) is 6.31. The van der Waals surface area contributed by atoms with Crippen molar-refractivity contribution in [1.82, 2.24) is 24.9 Å². The van der Waals surface area contributed by atoms with Crippen LogP contribution in [0.2, 0.25) is 0 Å². The van der Waals surface area contributed by atoms with Crippen molar-refractivity contribution < 1.29 is 4.79 Å². The van der Waals surface area contributed by atoms with Crippen molar-refractivity contribution in [3.63, 3.8) is 0 Å². The zero-order valence-electron chi connectivity index (χ0n) is 18.3. The fraction of sp³-hybridized carbons (Fsp3) is 0.542. The van der Waals surface area contributed by atoms with Crippen molar-refractivity contribution in [2.75, 3.05) is 39.3 Å². The Morgan fingerprint density at radius 2 is 1.57 bits per heavy atom. The largest absolute Gasteiger partial charge is 0.339 e. The Labute approximate surface area is 179 Å². The minimum absolute atomic E-state index is 0.139. The quantitative estimate of drug-likeness (QED) is 0.761. The summed E-state index contributed by atoms with van der Waals surface area (Å²) in [5, 5.41) is 8.89. The number of rotatable bonds is 5. The Hall–Kier alpha value is -2.31. The van der Waals surface area contributed by atoms with Gasteiger partial charge in [-0.1, -0.05) is 12.1 Å². The van der Waals surface area contributed by atoms with Crippen LogP contribution < -0.4 is 0 Å². The van der Waals surface area contributed by atoms with Gasteiger partial charge in [-0.15, -0.1) is 0 Å². The van der Waals surface area contributed by atoms with E-state index in [9.17, 15) is 4.79 Å². The lowest BCUT2D eigenvalue weighted by atomic mass is 10.1. The molecule has 0 unspecified atom stereocenters. The van der Waals surface area contributed by atoms with Gasteiger partial charge in [0.2, 0.25) is 0 Å². The minimum atomic E-state index is 0.139. The summed E-state index contributed by atoms with van der Waals surface area (Å²) in [6.07, 6.45) is 3.45. The van der Waals surface area contributed by atoms with E-state index in [2.05, 4.69) is 39.9 Å². The van der Waals surface area contributed by atoms with Crippen molar-refractivity contribution >= 4 is 5.91 Å². The highest BCUT2D eigenvalue weighted by atomic mass is 16.2. The van der Waals surface area contributed by atoms with E-state index in [4.69, 9.17) is 0 Å². The summed E-state index contributed by atoms with van der Waals surface area (Å²) in [7, 11) is 0. The Morgan fingerprint density at radius 1 is 0.867 bits per heavy atom. The summed E-state index contributed by atoms with van der Waals surface area (Å²) in [5.74, 6) is 0.139. The smallest absolute Gasteiger partial charge is 0.253 e. The predicted molar refractivity (Wildman–Crippen MR) is 119 cm³/mol. The van der Waals surface area contributed by atoms with Gasteiger partial charge in [-0.3, -0.25) is 14.6 Å². The number of hydrogen-bond donors (Lipinski definition) is 0. The maximum absolute atomic E-state index is 12.6. The van der Waals surface area contributed by atoms with Crippen molar-refractivity contribution in [2.24, 2.45) is 0 Å². The average molecular weight is 408 g/mol. The summed E-state index contributed by atoms with van der Waals surface area (Å²) in [6, 6.07) is 12.5. The zero-order chi connectivity index (χ0) is 20.9. The van der Waals surface area contributed by atoms with E-state index in [-0.39, 0.29) is 5.91 Å². The molecule has 0 atom stereocenters. The molecule has 3 heterocycles. The van der Waals surface area contributed by atoms with E-state index in [1.807, 2.05) is 35.2 Å². The summed E-state index contributed by atoms with van der Waals surface area (Å²) in [6.45, 7) is 11.5. The molecule has 30 heavy (non-hydrogen) atoms. The molecule has 6 nitrogen and oxygen atoms in total. The standard InChI is InChI=1S/C24H33N5O/c1-19(2)28-16-14-27(15-17-28)18-22-10-11-23(26-25-22)20-6-8-21(9-7-20)24(30)29-12-4-3-5-13-29/h6-11,19H,3-5,12-18H2,1-2H3. The number of aromatic nitrogens is 2. The molecule has 2 fully saturated rings. The van der Waals surface area contributed by atoms with Gasteiger partial charge in [0.1, 0.15) is 0 Å². The maximum atomic E-state index is 12.6. The number of benzene rings is 1. The molecule has 0 N–H and O–H groups in total. The highest BCUT2D eigenvalue weighted by molar-refractivity contribution is 5.94. The van der Waals surface area contributed by atoms with Crippen LogP contribution in [0.25, 0.3) is 11.3 Å². The van der Waals surface area contributed by atoms with Crippen LogP contribution in [0.1, 0.15) is 49.2 Å². The summed E-state index contributed by atoms with van der Waals surface area (Å²) in [4.78, 5) is 19.6. The molecular weight excluding hydrogens is 374 g/mol. The molecule has 1 aromatic carbocycles. The number of likely N-dealkylation sites (tertiary alicyclic amines) is 1. The second-order valence-corrected chi connectivity index (χ2v) is 8.75. The third-order valence-corrected chi connectivity index (χ3v) is 6.31. The molecule has 1 aromatic heterocycles. The number of carbonyl (C=O) groups excluding carboxylic acids is 1. The zero-order valence-corrected chi connectivity index (χ0v) is 18.3. The van der Waals surface area contributed by atoms with Crippen LogP contribution in [-0.4, -0.2) is 76.1 Å². The van der Waals surface area contributed by atoms with Gasteiger partial charge in [0, 0.05) is 63.0 Å². The van der Waals surface area contributed by atoms with Crippen molar-refractivity contribution in [3.8, 4) is 11.3 Å². The molecule has 0 saturated carbocycles. The molecule has 0 aliphatic carbocycles. The van der Waals surface area contributed by atoms with Gasteiger partial charge < -0.3 is 4.90 Å². The van der Waals surface area contributed by atoms with Crippen LogP contribution in [-0.2, 0) is 6.54 Å². The van der Waals surface area contributed by atoms with Gasteiger partial charge in [-0.25, -0.2) is 0 Å².